The molecule has 12 heteroatoms. The molecular formula is C22H22F3N5O3S. The highest BCUT2D eigenvalue weighted by Crippen LogP contribution is 2.43. The van der Waals surface area contributed by atoms with Crippen LogP contribution in [0.1, 0.15) is 43.2 Å². The molecule has 0 aliphatic heterocycles. The molecule has 0 spiro atoms. The molecular weight excluding hydrogens is 471 g/mol. The molecule has 34 heavy (non-hydrogen) atoms. The number of hydrogen-bond acceptors (Lipinski definition) is 8. The number of carboxylic acids is 1. The maximum atomic E-state index is 12.9. The number of nitrogens with zero attached hydrogens (tertiary/aromatic N) is 4. The van der Waals surface area contributed by atoms with Crippen molar-refractivity contribution in [1.82, 2.24) is 19.9 Å². The van der Waals surface area contributed by atoms with Crippen LogP contribution in [0.25, 0.3) is 10.6 Å². The Labute approximate surface area is 197 Å². The number of carboxylic acid groups (broad SMARTS) is 1. The van der Waals surface area contributed by atoms with Gasteiger partial charge in [-0.2, -0.15) is 13.2 Å². The zero-order valence-corrected chi connectivity index (χ0v) is 18.9. The van der Waals surface area contributed by atoms with Gasteiger partial charge in [-0.25, -0.2) is 15.0 Å². The summed E-state index contributed by atoms with van der Waals surface area (Å²) in [6.07, 6.45) is 3.19. The standard InChI is InChI=1S/C22H22F3N5O3S/c1-21(33,13-4-2-12(3-5-13)19(31)32)20-28-10-16(34-20)15-9-26-11-18(29-15)30-17-8-14(6-7-27-17)22(23,24)25/h6-13,33H,2-5H2,1H3,(H,31,32)(H,27,29,30)/t12?,13?,21-/m1/s1. The topological polar surface area (TPSA) is 121 Å². The first-order valence-electron chi connectivity index (χ1n) is 10.6. The molecule has 1 aliphatic carbocycles. The molecule has 3 aromatic heterocycles. The molecule has 0 amide bonds. The summed E-state index contributed by atoms with van der Waals surface area (Å²) in [6, 6.07) is 1.77. The molecule has 0 aromatic carbocycles. The summed E-state index contributed by atoms with van der Waals surface area (Å²) >= 11 is 1.24. The number of rotatable bonds is 6. The Kier molecular flexibility index (Phi) is 6.54. The van der Waals surface area contributed by atoms with E-state index in [2.05, 4.69) is 25.3 Å². The van der Waals surface area contributed by atoms with E-state index < -0.39 is 23.3 Å². The van der Waals surface area contributed by atoms with E-state index in [1.165, 1.54) is 23.7 Å². The second-order valence-corrected chi connectivity index (χ2v) is 9.44. The van der Waals surface area contributed by atoms with Gasteiger partial charge in [0.2, 0.25) is 0 Å². The summed E-state index contributed by atoms with van der Waals surface area (Å²) in [5.74, 6) is -1.12. The Morgan fingerprint density at radius 1 is 1.12 bits per heavy atom. The number of hydrogen-bond donors (Lipinski definition) is 3. The maximum absolute atomic E-state index is 12.9. The normalized spacial score (nSPS) is 20.5. The predicted molar refractivity (Wildman–Crippen MR) is 118 cm³/mol. The minimum absolute atomic E-state index is 0.0221. The smallest absolute Gasteiger partial charge is 0.416 e. The van der Waals surface area contributed by atoms with Gasteiger partial charge in [0.25, 0.3) is 0 Å². The molecule has 0 bridgehead atoms. The SMILES string of the molecule is C[C@](O)(c1ncc(-c2cncc(Nc3cc(C(F)(F)F)ccn3)n2)s1)C1CCC(C(=O)O)CC1. The highest BCUT2D eigenvalue weighted by atomic mass is 32.1. The Morgan fingerprint density at radius 2 is 1.85 bits per heavy atom. The summed E-state index contributed by atoms with van der Waals surface area (Å²) in [7, 11) is 0. The van der Waals surface area contributed by atoms with Crippen molar-refractivity contribution < 1.29 is 28.2 Å². The Hall–Kier alpha value is -3.12. The van der Waals surface area contributed by atoms with E-state index in [9.17, 15) is 28.2 Å². The first-order chi connectivity index (χ1) is 16.0. The lowest BCUT2D eigenvalue weighted by Crippen LogP contribution is -2.35. The van der Waals surface area contributed by atoms with E-state index in [1.807, 2.05) is 0 Å². The number of pyridine rings is 1. The van der Waals surface area contributed by atoms with Crippen LogP contribution in [0.15, 0.2) is 36.9 Å². The molecule has 1 aliphatic rings. The van der Waals surface area contributed by atoms with Crippen molar-refractivity contribution in [1.29, 1.82) is 0 Å². The van der Waals surface area contributed by atoms with Gasteiger partial charge in [-0.15, -0.1) is 11.3 Å². The van der Waals surface area contributed by atoms with Gasteiger partial charge >= 0.3 is 12.1 Å². The fraction of sp³-hybridized carbons (Fsp3) is 0.409. The van der Waals surface area contributed by atoms with Crippen molar-refractivity contribution in [3.63, 3.8) is 0 Å². The van der Waals surface area contributed by atoms with E-state index in [4.69, 9.17) is 0 Å². The second kappa shape index (κ2) is 9.26. The minimum Gasteiger partial charge on any atom is -0.481 e. The van der Waals surface area contributed by atoms with Gasteiger partial charge < -0.3 is 15.5 Å². The molecule has 8 nitrogen and oxygen atoms in total. The van der Waals surface area contributed by atoms with Crippen molar-refractivity contribution in [3.05, 3.63) is 47.5 Å². The van der Waals surface area contributed by atoms with E-state index in [-0.39, 0.29) is 23.5 Å². The summed E-state index contributed by atoms with van der Waals surface area (Å²) in [5, 5.41) is 23.6. The van der Waals surface area contributed by atoms with Crippen LogP contribution >= 0.6 is 11.3 Å². The van der Waals surface area contributed by atoms with Gasteiger partial charge in [0.05, 0.1) is 28.8 Å². The Morgan fingerprint density at radius 3 is 2.53 bits per heavy atom. The number of anilines is 2. The van der Waals surface area contributed by atoms with Crippen LogP contribution in [0.3, 0.4) is 0 Å². The van der Waals surface area contributed by atoms with Crippen molar-refractivity contribution in [2.24, 2.45) is 11.8 Å². The number of halogens is 3. The number of alkyl halides is 3. The molecule has 0 saturated heterocycles. The lowest BCUT2D eigenvalue weighted by atomic mass is 9.74. The average Bonchev–Trinajstić information content (AvgIpc) is 3.30. The third-order valence-corrected chi connectivity index (χ3v) is 7.29. The molecule has 0 unspecified atom stereocenters. The Bertz CT molecular complexity index is 1180. The number of aliphatic hydroxyl groups is 1. The summed E-state index contributed by atoms with van der Waals surface area (Å²) in [4.78, 5) is 28.6. The van der Waals surface area contributed by atoms with Gasteiger partial charge in [0.1, 0.15) is 22.1 Å². The molecule has 3 heterocycles. The zero-order chi connectivity index (χ0) is 24.5. The van der Waals surface area contributed by atoms with Crippen LogP contribution in [0, 0.1) is 11.8 Å². The number of carbonyl (C=O) groups is 1. The number of aromatic nitrogens is 4. The number of nitrogens with one attached hydrogen (secondary N) is 1. The van der Waals surface area contributed by atoms with Gasteiger partial charge in [0, 0.05) is 12.4 Å². The van der Waals surface area contributed by atoms with Crippen molar-refractivity contribution in [3.8, 4) is 10.6 Å². The number of thiazole rings is 1. The highest BCUT2D eigenvalue weighted by Gasteiger charge is 2.40. The largest absolute Gasteiger partial charge is 0.481 e. The fourth-order valence-electron chi connectivity index (χ4n) is 4.05. The van der Waals surface area contributed by atoms with Crippen LogP contribution in [-0.2, 0) is 16.6 Å². The van der Waals surface area contributed by atoms with Crippen molar-refractivity contribution in [2.45, 2.75) is 44.4 Å². The van der Waals surface area contributed by atoms with Crippen molar-refractivity contribution >= 4 is 28.9 Å². The van der Waals surface area contributed by atoms with Crippen LogP contribution < -0.4 is 5.32 Å². The van der Waals surface area contributed by atoms with Gasteiger partial charge in [-0.05, 0) is 50.7 Å². The summed E-state index contributed by atoms with van der Waals surface area (Å²) in [6.45, 7) is 1.68. The van der Waals surface area contributed by atoms with E-state index >= 15 is 0 Å². The lowest BCUT2D eigenvalue weighted by molar-refractivity contribution is -0.144. The van der Waals surface area contributed by atoms with Crippen LogP contribution in [0.4, 0.5) is 24.8 Å². The molecule has 1 fully saturated rings. The van der Waals surface area contributed by atoms with E-state index in [0.29, 0.717) is 41.3 Å². The van der Waals surface area contributed by atoms with Crippen LogP contribution in [-0.4, -0.2) is 36.1 Å². The molecule has 3 N–H and O–H groups in total. The third kappa shape index (κ3) is 5.17. The average molecular weight is 494 g/mol. The quantitative estimate of drug-likeness (QED) is 0.445. The lowest BCUT2D eigenvalue weighted by Gasteiger charge is -2.35. The third-order valence-electron chi connectivity index (χ3n) is 6.04. The molecule has 3 aromatic rings. The molecule has 1 saturated carbocycles. The molecule has 0 radical (unpaired) electrons. The molecule has 4 rings (SSSR count). The van der Waals surface area contributed by atoms with Gasteiger partial charge in [-0.1, -0.05) is 0 Å². The zero-order valence-electron chi connectivity index (χ0n) is 18.1. The van der Waals surface area contributed by atoms with Gasteiger partial charge in [0.15, 0.2) is 5.82 Å². The Balaban J connectivity index is 1.50. The van der Waals surface area contributed by atoms with E-state index in [1.54, 1.807) is 13.1 Å². The molecule has 1 atom stereocenters. The second-order valence-electron chi connectivity index (χ2n) is 8.41. The van der Waals surface area contributed by atoms with Crippen LogP contribution in [0.2, 0.25) is 0 Å². The molecule has 180 valence electrons. The van der Waals surface area contributed by atoms with Crippen LogP contribution in [0.5, 0.6) is 0 Å². The fourth-order valence-corrected chi connectivity index (χ4v) is 5.05. The highest BCUT2D eigenvalue weighted by molar-refractivity contribution is 7.15. The van der Waals surface area contributed by atoms with E-state index in [0.717, 1.165) is 18.3 Å². The first kappa shape index (κ1) is 24.0. The monoisotopic (exact) mass is 493 g/mol. The van der Waals surface area contributed by atoms with Gasteiger partial charge in [-0.3, -0.25) is 9.78 Å². The predicted octanol–water partition coefficient (Wildman–Crippen LogP) is 4.86. The van der Waals surface area contributed by atoms with Crippen molar-refractivity contribution in [2.75, 3.05) is 5.32 Å². The summed E-state index contributed by atoms with van der Waals surface area (Å²) in [5.41, 5.74) is -1.62. The minimum atomic E-state index is -4.49. The maximum Gasteiger partial charge on any atom is 0.416 e. The number of aliphatic carboxylic acids is 1. The summed E-state index contributed by atoms with van der Waals surface area (Å²) < 4.78 is 38.8. The first-order valence-corrected chi connectivity index (χ1v) is 11.4.